The molecule has 3 atom stereocenters. The van der Waals surface area contributed by atoms with E-state index < -0.39 is 46.9 Å². The largest absolute Gasteiger partial charge is 0.349 e. The van der Waals surface area contributed by atoms with Gasteiger partial charge in [-0.1, -0.05) is 83.4 Å². The monoisotopic (exact) mass is 519 g/mol. The van der Waals surface area contributed by atoms with Gasteiger partial charge in [0.05, 0.1) is 24.5 Å². The molecular formula is C28H19Cl2NO5. The average Bonchev–Trinajstić information content (AvgIpc) is 3.41. The maximum atomic E-state index is 13.9. The zero-order valence-corrected chi connectivity index (χ0v) is 20.5. The predicted molar refractivity (Wildman–Crippen MR) is 132 cm³/mol. The fraction of sp³-hybridized carbons (Fsp3) is 0.214. The number of benzene rings is 3. The van der Waals surface area contributed by atoms with Crippen LogP contribution in [0.15, 0.2) is 66.7 Å². The first-order chi connectivity index (χ1) is 17.2. The van der Waals surface area contributed by atoms with E-state index in [0.29, 0.717) is 10.6 Å². The lowest BCUT2D eigenvalue weighted by atomic mass is 9.77. The van der Waals surface area contributed by atoms with E-state index in [1.807, 2.05) is 31.2 Å². The van der Waals surface area contributed by atoms with Gasteiger partial charge in [0.1, 0.15) is 0 Å². The molecule has 0 unspecified atom stereocenters. The van der Waals surface area contributed by atoms with Crippen molar-refractivity contribution >= 4 is 46.6 Å². The van der Waals surface area contributed by atoms with Crippen molar-refractivity contribution in [1.29, 1.82) is 0 Å². The van der Waals surface area contributed by atoms with Gasteiger partial charge in [0.2, 0.25) is 29.0 Å². The third kappa shape index (κ3) is 3.08. The Bertz CT molecular complexity index is 1450. The van der Waals surface area contributed by atoms with Gasteiger partial charge >= 0.3 is 0 Å². The van der Waals surface area contributed by atoms with Gasteiger partial charge in [0.25, 0.3) is 0 Å². The molecule has 0 N–H and O–H groups in total. The van der Waals surface area contributed by atoms with Crippen LogP contribution >= 0.6 is 23.2 Å². The minimum absolute atomic E-state index is 0.0252. The second kappa shape index (κ2) is 8.10. The van der Waals surface area contributed by atoms with E-state index in [0.717, 1.165) is 16.0 Å². The lowest BCUT2D eigenvalue weighted by molar-refractivity contribution is -0.145. The summed E-state index contributed by atoms with van der Waals surface area (Å²) in [6.45, 7) is 1.97. The van der Waals surface area contributed by atoms with Crippen molar-refractivity contribution in [3.8, 4) is 0 Å². The Morgan fingerprint density at radius 3 is 2.11 bits per heavy atom. The number of halogens is 2. The number of carbonyl (C=O) groups excluding carboxylic acids is 4. The molecule has 1 aliphatic carbocycles. The Kier molecular flexibility index (Phi) is 5.20. The number of nitrogens with zero attached hydrogens (tertiary/aromatic N) is 1. The summed E-state index contributed by atoms with van der Waals surface area (Å²) in [6, 6.07) is 18.5. The second-order valence-corrected chi connectivity index (χ2v) is 10.2. The molecule has 36 heavy (non-hydrogen) atoms. The van der Waals surface area contributed by atoms with Crippen LogP contribution in [0, 0.1) is 18.8 Å². The van der Waals surface area contributed by atoms with Crippen LogP contribution in [-0.2, 0) is 20.9 Å². The number of Topliss-reactive ketones (excluding diaryl/α,β-unsaturated/α-hetero) is 2. The topological polar surface area (TPSA) is 80.8 Å². The quantitative estimate of drug-likeness (QED) is 0.359. The van der Waals surface area contributed by atoms with Gasteiger partial charge in [-0.3, -0.25) is 24.1 Å². The minimum Gasteiger partial charge on any atom is -0.349 e. The molecule has 2 amide bonds. The molecular weight excluding hydrogens is 501 g/mol. The highest BCUT2D eigenvalue weighted by atomic mass is 35.5. The molecule has 0 aromatic heterocycles. The molecule has 3 aromatic carbocycles. The van der Waals surface area contributed by atoms with Crippen molar-refractivity contribution in [2.45, 2.75) is 25.2 Å². The fourth-order valence-electron chi connectivity index (χ4n) is 5.62. The van der Waals surface area contributed by atoms with Gasteiger partial charge in [0, 0.05) is 26.7 Å². The summed E-state index contributed by atoms with van der Waals surface area (Å²) < 4.78 is 6.25. The van der Waals surface area contributed by atoms with Gasteiger partial charge in [-0.05, 0) is 24.6 Å². The summed E-state index contributed by atoms with van der Waals surface area (Å²) in [5.74, 6) is -4.72. The number of rotatable bonds is 3. The lowest BCUT2D eigenvalue weighted by Gasteiger charge is -2.27. The number of likely N-dealkylation sites (tertiary alicyclic amines) is 1. The Hall–Kier alpha value is -3.32. The highest BCUT2D eigenvalue weighted by molar-refractivity contribution is 6.36. The molecule has 6 nitrogen and oxygen atoms in total. The maximum Gasteiger partial charge on any atom is 0.237 e. The number of hydrogen-bond donors (Lipinski definition) is 0. The Labute approximate surface area is 216 Å². The third-order valence-electron chi connectivity index (χ3n) is 7.34. The van der Waals surface area contributed by atoms with Gasteiger partial charge in [-0.15, -0.1) is 0 Å². The first-order valence-corrected chi connectivity index (χ1v) is 12.2. The van der Waals surface area contributed by atoms with E-state index in [1.165, 1.54) is 18.2 Å². The third-order valence-corrected chi connectivity index (χ3v) is 7.90. The first-order valence-electron chi connectivity index (χ1n) is 11.5. The van der Waals surface area contributed by atoms with E-state index in [4.69, 9.17) is 27.9 Å². The summed E-state index contributed by atoms with van der Waals surface area (Å²) in [7, 11) is 0. The van der Waals surface area contributed by atoms with Gasteiger partial charge in [0.15, 0.2) is 0 Å². The molecule has 0 radical (unpaired) electrons. The smallest absolute Gasteiger partial charge is 0.237 e. The normalized spacial score (nSPS) is 24.1. The van der Waals surface area contributed by atoms with Crippen LogP contribution in [0.1, 0.15) is 43.5 Å². The summed E-state index contributed by atoms with van der Waals surface area (Å²) in [5, 5.41) is 0.596. The summed E-state index contributed by atoms with van der Waals surface area (Å²) >= 11 is 12.6. The van der Waals surface area contributed by atoms with Crippen LogP contribution in [0.2, 0.25) is 10.0 Å². The van der Waals surface area contributed by atoms with Gasteiger partial charge < -0.3 is 4.74 Å². The highest BCUT2D eigenvalue weighted by Gasteiger charge is 2.74. The number of fused-ring (bicyclic) bond motifs is 3. The van der Waals surface area contributed by atoms with E-state index >= 15 is 0 Å². The molecule has 0 bridgehead atoms. The van der Waals surface area contributed by atoms with Crippen LogP contribution in [0.5, 0.6) is 0 Å². The van der Waals surface area contributed by atoms with Crippen LogP contribution in [0.25, 0.3) is 0 Å². The van der Waals surface area contributed by atoms with Crippen molar-refractivity contribution in [3.05, 3.63) is 105 Å². The Morgan fingerprint density at radius 2 is 1.50 bits per heavy atom. The Balaban J connectivity index is 1.49. The van der Waals surface area contributed by atoms with Crippen LogP contribution in [-0.4, -0.2) is 33.9 Å². The van der Waals surface area contributed by atoms with Crippen LogP contribution in [0.4, 0.5) is 0 Å². The number of carbonyl (C=O) groups is 4. The summed E-state index contributed by atoms with van der Waals surface area (Å²) in [6.07, 6.45) is -1.08. The number of imide groups is 1. The zero-order valence-electron chi connectivity index (χ0n) is 19.0. The number of amides is 2. The van der Waals surface area contributed by atoms with Crippen molar-refractivity contribution in [1.82, 2.24) is 4.90 Å². The zero-order chi connectivity index (χ0) is 25.4. The van der Waals surface area contributed by atoms with Crippen LogP contribution < -0.4 is 0 Å². The molecule has 2 heterocycles. The van der Waals surface area contributed by atoms with E-state index in [-0.39, 0.29) is 22.7 Å². The number of ketones is 2. The summed E-state index contributed by atoms with van der Waals surface area (Å²) in [5.41, 5.74) is 0.423. The van der Waals surface area contributed by atoms with E-state index in [9.17, 15) is 19.2 Å². The molecule has 180 valence electrons. The lowest BCUT2D eigenvalue weighted by Crippen LogP contribution is -2.50. The molecule has 2 saturated heterocycles. The summed E-state index contributed by atoms with van der Waals surface area (Å²) in [4.78, 5) is 56.3. The van der Waals surface area contributed by atoms with Gasteiger partial charge in [-0.25, -0.2) is 0 Å². The maximum absolute atomic E-state index is 13.9. The standard InChI is InChI=1S/C28H19Cl2NO5/c1-14-6-8-15(9-7-14)13-31-26(34)21-22(27(31)35)28(24(32)17-4-2-3-5-18(17)25(28)33)36-23(21)19-11-10-16(29)12-20(19)30/h2-12,21-23H,13H2,1H3/t21-,22+,23-/m1/s1. The minimum atomic E-state index is -2.13. The van der Waals surface area contributed by atoms with E-state index in [2.05, 4.69) is 0 Å². The molecule has 3 aliphatic rings. The molecule has 6 rings (SSSR count). The van der Waals surface area contributed by atoms with Crippen LogP contribution in [0.3, 0.4) is 0 Å². The van der Waals surface area contributed by atoms with Crippen molar-refractivity contribution in [3.63, 3.8) is 0 Å². The molecule has 2 aliphatic heterocycles. The molecule has 8 heteroatoms. The second-order valence-electron chi connectivity index (χ2n) is 9.40. The fourth-order valence-corrected chi connectivity index (χ4v) is 6.14. The number of ether oxygens (including phenoxy) is 1. The van der Waals surface area contributed by atoms with Crippen molar-refractivity contribution in [2.24, 2.45) is 11.8 Å². The number of hydrogen-bond acceptors (Lipinski definition) is 5. The average molecular weight is 520 g/mol. The first kappa shape index (κ1) is 23.1. The Morgan fingerprint density at radius 1 is 0.861 bits per heavy atom. The van der Waals surface area contributed by atoms with Crippen molar-refractivity contribution < 1.29 is 23.9 Å². The molecule has 3 aromatic rings. The highest BCUT2D eigenvalue weighted by Crippen LogP contribution is 2.58. The SMILES string of the molecule is Cc1ccc(CN2C(=O)[C@H]3[C@@H](c4ccc(Cl)cc4Cl)OC4(C(=O)c5ccccc5C4=O)[C@@H]3C2=O)cc1. The molecule has 2 fully saturated rings. The van der Waals surface area contributed by atoms with E-state index in [1.54, 1.807) is 24.3 Å². The predicted octanol–water partition coefficient (Wildman–Crippen LogP) is 4.99. The molecule has 1 spiro atoms. The van der Waals surface area contributed by atoms with Gasteiger partial charge in [-0.2, -0.15) is 0 Å². The van der Waals surface area contributed by atoms with Crippen molar-refractivity contribution in [2.75, 3.05) is 0 Å². The molecule has 0 saturated carbocycles. The number of aryl methyl sites for hydroxylation is 1.